The van der Waals surface area contributed by atoms with Crippen LogP contribution in [0.2, 0.25) is 10.0 Å². The molecule has 2 N–H and O–H groups in total. The molecule has 1 aromatic carbocycles. The molecule has 1 aromatic rings. The lowest BCUT2D eigenvalue weighted by Gasteiger charge is -2.08. The van der Waals surface area contributed by atoms with E-state index in [4.69, 9.17) is 33.0 Å². The summed E-state index contributed by atoms with van der Waals surface area (Å²) in [6.45, 7) is 0.877. The van der Waals surface area contributed by atoms with Crippen LogP contribution in [0.1, 0.15) is 10.4 Å². The Bertz CT molecular complexity index is 365. The topological polar surface area (TPSA) is 58.6 Å². The van der Waals surface area contributed by atoms with Crippen LogP contribution in [0.25, 0.3) is 0 Å². The summed E-state index contributed by atoms with van der Waals surface area (Å²) in [5.74, 6) is -0.340. The number of halogens is 2. The molecule has 0 atom stereocenters. The second-order valence-electron chi connectivity index (χ2n) is 3.19. The average molecular weight is 278 g/mol. The van der Waals surface area contributed by atoms with Gasteiger partial charge in [-0.2, -0.15) is 0 Å². The third-order valence-corrected chi connectivity index (χ3v) is 2.59. The van der Waals surface area contributed by atoms with Crippen LogP contribution in [0.5, 0.6) is 0 Å². The summed E-state index contributed by atoms with van der Waals surface area (Å²) in [5, 5.41) is 11.7. The first-order valence-electron chi connectivity index (χ1n) is 5.07. The van der Waals surface area contributed by atoms with E-state index >= 15 is 0 Å². The third-order valence-electron chi connectivity index (χ3n) is 1.96. The first kappa shape index (κ1) is 14.3. The zero-order valence-corrected chi connectivity index (χ0v) is 10.6. The van der Waals surface area contributed by atoms with Crippen molar-refractivity contribution >= 4 is 29.1 Å². The minimum absolute atomic E-state index is 0.0374. The van der Waals surface area contributed by atoms with Gasteiger partial charge in [-0.05, 0) is 12.1 Å². The van der Waals surface area contributed by atoms with E-state index in [1.165, 1.54) is 0 Å². The van der Waals surface area contributed by atoms with E-state index in [1.54, 1.807) is 18.2 Å². The van der Waals surface area contributed by atoms with Gasteiger partial charge in [0.2, 0.25) is 0 Å². The molecule has 0 heterocycles. The maximum Gasteiger partial charge on any atom is 0.254 e. The Morgan fingerprint density at radius 2 is 1.94 bits per heavy atom. The van der Waals surface area contributed by atoms with E-state index in [-0.39, 0.29) is 24.7 Å². The van der Waals surface area contributed by atoms with Gasteiger partial charge >= 0.3 is 0 Å². The van der Waals surface area contributed by atoms with Crippen molar-refractivity contribution in [1.29, 1.82) is 0 Å². The summed E-state index contributed by atoms with van der Waals surface area (Å²) >= 11 is 11.8. The molecule has 0 saturated heterocycles. The fraction of sp³-hybridized carbons (Fsp3) is 0.364. The predicted octanol–water partition coefficient (Wildman–Crippen LogP) is 1.73. The van der Waals surface area contributed by atoms with Crippen molar-refractivity contribution in [3.05, 3.63) is 33.8 Å². The normalized spacial score (nSPS) is 10.3. The Labute approximate surface area is 109 Å². The Morgan fingerprint density at radius 1 is 1.29 bits per heavy atom. The molecule has 17 heavy (non-hydrogen) atoms. The second-order valence-corrected chi connectivity index (χ2v) is 4.00. The average Bonchev–Trinajstić information content (AvgIpc) is 2.28. The Hall–Kier alpha value is -0.810. The van der Waals surface area contributed by atoms with Crippen molar-refractivity contribution in [3.63, 3.8) is 0 Å². The zero-order valence-electron chi connectivity index (χ0n) is 9.08. The van der Waals surface area contributed by atoms with E-state index in [0.29, 0.717) is 23.2 Å². The van der Waals surface area contributed by atoms with E-state index in [2.05, 4.69) is 5.32 Å². The van der Waals surface area contributed by atoms with Crippen LogP contribution in [0, 0.1) is 0 Å². The highest BCUT2D eigenvalue weighted by atomic mass is 35.5. The van der Waals surface area contributed by atoms with Crippen molar-refractivity contribution in [2.24, 2.45) is 0 Å². The molecule has 0 bridgehead atoms. The molecule has 6 heteroatoms. The van der Waals surface area contributed by atoms with Crippen LogP contribution < -0.4 is 5.32 Å². The van der Waals surface area contributed by atoms with Crippen molar-refractivity contribution in [1.82, 2.24) is 5.32 Å². The minimum Gasteiger partial charge on any atom is -0.394 e. The van der Waals surface area contributed by atoms with Gasteiger partial charge in [-0.1, -0.05) is 29.3 Å². The molecular formula is C11H13Cl2NO3. The second kappa shape index (κ2) is 7.50. The summed E-state index contributed by atoms with van der Waals surface area (Å²) in [4.78, 5) is 11.7. The molecule has 1 rings (SSSR count). The number of hydrogen-bond acceptors (Lipinski definition) is 3. The molecule has 4 nitrogen and oxygen atoms in total. The van der Waals surface area contributed by atoms with Gasteiger partial charge in [0.1, 0.15) is 0 Å². The molecule has 0 saturated carbocycles. The van der Waals surface area contributed by atoms with E-state index < -0.39 is 0 Å². The van der Waals surface area contributed by atoms with E-state index in [0.717, 1.165) is 0 Å². The molecule has 0 spiro atoms. The highest BCUT2D eigenvalue weighted by Gasteiger charge is 2.13. The Kier molecular flexibility index (Phi) is 6.29. The van der Waals surface area contributed by atoms with Crippen molar-refractivity contribution in [2.45, 2.75) is 0 Å². The standard InChI is InChI=1S/C11H13Cl2NO3/c12-8-2-1-3-9(13)10(8)11(16)14-4-6-17-7-5-15/h1-3,15H,4-7H2,(H,14,16). The summed E-state index contributed by atoms with van der Waals surface area (Å²) in [5.41, 5.74) is 0.262. The molecule has 94 valence electrons. The van der Waals surface area contributed by atoms with Gasteiger partial charge in [0.05, 0.1) is 35.4 Å². The smallest absolute Gasteiger partial charge is 0.254 e. The summed E-state index contributed by atoms with van der Waals surface area (Å²) in [6.07, 6.45) is 0. The summed E-state index contributed by atoms with van der Waals surface area (Å²) < 4.78 is 5.00. The molecule has 0 unspecified atom stereocenters. The van der Waals surface area contributed by atoms with Gasteiger partial charge in [-0.25, -0.2) is 0 Å². The lowest BCUT2D eigenvalue weighted by molar-refractivity contribution is 0.0838. The number of aliphatic hydroxyl groups excluding tert-OH is 1. The maximum absolute atomic E-state index is 11.7. The number of amides is 1. The van der Waals surface area contributed by atoms with E-state index in [1.807, 2.05) is 0 Å². The SMILES string of the molecule is O=C(NCCOCCO)c1c(Cl)cccc1Cl. The van der Waals surface area contributed by atoms with Crippen molar-refractivity contribution < 1.29 is 14.6 Å². The quantitative estimate of drug-likeness (QED) is 0.779. The van der Waals surface area contributed by atoms with Crippen molar-refractivity contribution in [3.8, 4) is 0 Å². The van der Waals surface area contributed by atoms with Gasteiger partial charge in [-0.15, -0.1) is 0 Å². The molecule has 0 aliphatic heterocycles. The lowest BCUT2D eigenvalue weighted by atomic mass is 10.2. The maximum atomic E-state index is 11.7. The summed E-state index contributed by atoms with van der Waals surface area (Å²) in [7, 11) is 0. The highest BCUT2D eigenvalue weighted by Crippen LogP contribution is 2.23. The summed E-state index contributed by atoms with van der Waals surface area (Å²) in [6, 6.07) is 4.88. The molecule has 0 aromatic heterocycles. The number of hydrogen-bond donors (Lipinski definition) is 2. The fourth-order valence-electron chi connectivity index (χ4n) is 1.21. The van der Waals surface area contributed by atoms with Gasteiger partial charge < -0.3 is 15.2 Å². The molecule has 0 radical (unpaired) electrons. The number of nitrogens with one attached hydrogen (secondary N) is 1. The minimum atomic E-state index is -0.340. The Balaban J connectivity index is 2.47. The van der Waals surface area contributed by atoms with E-state index in [9.17, 15) is 4.79 Å². The molecule has 0 fully saturated rings. The molecule has 0 aliphatic carbocycles. The predicted molar refractivity (Wildman–Crippen MR) is 66.7 cm³/mol. The number of ether oxygens (including phenoxy) is 1. The monoisotopic (exact) mass is 277 g/mol. The number of benzene rings is 1. The van der Waals surface area contributed by atoms with Crippen LogP contribution in [0.15, 0.2) is 18.2 Å². The van der Waals surface area contributed by atoms with Gasteiger partial charge in [-0.3, -0.25) is 4.79 Å². The zero-order chi connectivity index (χ0) is 12.7. The molecular weight excluding hydrogens is 265 g/mol. The lowest BCUT2D eigenvalue weighted by Crippen LogP contribution is -2.28. The van der Waals surface area contributed by atoms with Crippen LogP contribution >= 0.6 is 23.2 Å². The van der Waals surface area contributed by atoms with Gasteiger partial charge in [0.25, 0.3) is 5.91 Å². The molecule has 1 amide bonds. The fourth-order valence-corrected chi connectivity index (χ4v) is 1.78. The third kappa shape index (κ3) is 4.52. The van der Waals surface area contributed by atoms with Crippen LogP contribution in [-0.4, -0.2) is 37.4 Å². The number of carbonyl (C=O) groups excluding carboxylic acids is 1. The largest absolute Gasteiger partial charge is 0.394 e. The first-order valence-corrected chi connectivity index (χ1v) is 5.83. The first-order chi connectivity index (χ1) is 8.16. The number of aliphatic hydroxyl groups is 1. The molecule has 0 aliphatic rings. The number of carbonyl (C=O) groups is 1. The van der Waals surface area contributed by atoms with Gasteiger partial charge in [0, 0.05) is 6.54 Å². The highest BCUT2D eigenvalue weighted by molar-refractivity contribution is 6.39. The van der Waals surface area contributed by atoms with Crippen molar-refractivity contribution in [2.75, 3.05) is 26.4 Å². The van der Waals surface area contributed by atoms with Crippen LogP contribution in [0.4, 0.5) is 0 Å². The van der Waals surface area contributed by atoms with Gasteiger partial charge in [0.15, 0.2) is 0 Å². The number of rotatable bonds is 6. The Morgan fingerprint density at radius 3 is 2.53 bits per heavy atom. The van der Waals surface area contributed by atoms with Crippen LogP contribution in [0.3, 0.4) is 0 Å². The van der Waals surface area contributed by atoms with Crippen LogP contribution in [-0.2, 0) is 4.74 Å².